The molecule has 0 aliphatic rings. The summed E-state index contributed by atoms with van der Waals surface area (Å²) < 4.78 is 9.91. The second-order valence-electron chi connectivity index (χ2n) is 3.91. The summed E-state index contributed by atoms with van der Waals surface area (Å²) in [4.78, 5) is 15.3. The molecule has 0 saturated carbocycles. The number of hydrogen-bond acceptors (Lipinski definition) is 5. The van der Waals surface area contributed by atoms with Crippen molar-refractivity contribution in [1.82, 2.24) is 4.98 Å². The summed E-state index contributed by atoms with van der Waals surface area (Å²) in [5, 5.41) is 0.635. The molecule has 0 radical (unpaired) electrons. The van der Waals surface area contributed by atoms with Gasteiger partial charge in [-0.2, -0.15) is 4.98 Å². The van der Waals surface area contributed by atoms with Gasteiger partial charge in [0.25, 0.3) is 6.01 Å². The first-order valence-electron chi connectivity index (χ1n) is 5.68. The van der Waals surface area contributed by atoms with Crippen LogP contribution in [-0.4, -0.2) is 18.1 Å². The molecule has 0 amide bonds. The minimum absolute atomic E-state index is 0.0739. The van der Waals surface area contributed by atoms with Crippen LogP contribution < -0.4 is 5.73 Å². The van der Waals surface area contributed by atoms with E-state index in [2.05, 4.69) is 9.72 Å². The van der Waals surface area contributed by atoms with Crippen LogP contribution >= 0.6 is 11.6 Å². The zero-order chi connectivity index (χ0) is 13.8. The van der Waals surface area contributed by atoms with Crippen LogP contribution in [0.2, 0.25) is 5.02 Å². The van der Waals surface area contributed by atoms with Crippen molar-refractivity contribution in [3.8, 4) is 11.3 Å². The first-order chi connectivity index (χ1) is 9.10. The second kappa shape index (κ2) is 5.75. The Labute approximate surface area is 115 Å². The molecule has 2 N–H and O–H groups in total. The first-order valence-corrected chi connectivity index (χ1v) is 6.06. The largest absolute Gasteiger partial charge is 0.469 e. The third-order valence-electron chi connectivity index (χ3n) is 2.62. The van der Waals surface area contributed by atoms with E-state index < -0.39 is 0 Å². The topological polar surface area (TPSA) is 78.3 Å². The van der Waals surface area contributed by atoms with Gasteiger partial charge < -0.3 is 14.9 Å². The predicted octanol–water partition coefficient (Wildman–Crippen LogP) is 2.68. The van der Waals surface area contributed by atoms with Crippen LogP contribution in [0, 0.1) is 0 Å². The molecular formula is C13H13ClN2O3. The Morgan fingerprint density at radius 2 is 2.11 bits per heavy atom. The average Bonchev–Trinajstić information content (AvgIpc) is 2.78. The van der Waals surface area contributed by atoms with Gasteiger partial charge in [-0.25, -0.2) is 0 Å². The van der Waals surface area contributed by atoms with Crippen LogP contribution in [0.15, 0.2) is 28.7 Å². The van der Waals surface area contributed by atoms with Gasteiger partial charge in [-0.05, 0) is 12.1 Å². The minimum atomic E-state index is -0.308. The van der Waals surface area contributed by atoms with Gasteiger partial charge >= 0.3 is 5.97 Å². The molecule has 0 unspecified atom stereocenters. The SMILES string of the molecule is COC(=O)CCc1oc(N)nc1-c1ccc(Cl)cc1. The summed E-state index contributed by atoms with van der Waals surface area (Å²) in [6.07, 6.45) is 0.598. The van der Waals surface area contributed by atoms with Crippen molar-refractivity contribution in [3.05, 3.63) is 35.0 Å². The second-order valence-corrected chi connectivity index (χ2v) is 4.34. The highest BCUT2D eigenvalue weighted by molar-refractivity contribution is 6.30. The van der Waals surface area contributed by atoms with Gasteiger partial charge in [-0.3, -0.25) is 4.79 Å². The van der Waals surface area contributed by atoms with E-state index in [1.54, 1.807) is 12.1 Å². The number of ether oxygens (including phenoxy) is 1. The molecule has 0 atom stereocenters. The van der Waals surface area contributed by atoms with Crippen molar-refractivity contribution in [2.75, 3.05) is 12.8 Å². The number of carbonyl (C=O) groups is 1. The summed E-state index contributed by atoms with van der Waals surface area (Å²) >= 11 is 5.84. The highest BCUT2D eigenvalue weighted by Gasteiger charge is 2.15. The van der Waals surface area contributed by atoms with Crippen LogP contribution in [-0.2, 0) is 16.0 Å². The van der Waals surface area contributed by atoms with Crippen LogP contribution in [0.3, 0.4) is 0 Å². The number of nitrogens with zero attached hydrogens (tertiary/aromatic N) is 1. The number of benzene rings is 1. The number of esters is 1. The Morgan fingerprint density at radius 1 is 1.42 bits per heavy atom. The van der Waals surface area contributed by atoms with E-state index in [0.717, 1.165) is 5.56 Å². The van der Waals surface area contributed by atoms with E-state index >= 15 is 0 Å². The van der Waals surface area contributed by atoms with Gasteiger partial charge in [0.05, 0.1) is 13.5 Å². The van der Waals surface area contributed by atoms with E-state index in [9.17, 15) is 4.79 Å². The highest BCUT2D eigenvalue weighted by Crippen LogP contribution is 2.27. The number of aryl methyl sites for hydroxylation is 1. The Hall–Kier alpha value is -2.01. The fraction of sp³-hybridized carbons (Fsp3) is 0.231. The summed E-state index contributed by atoms with van der Waals surface area (Å²) in [6, 6.07) is 7.23. The molecule has 2 rings (SSSR count). The third kappa shape index (κ3) is 3.26. The zero-order valence-electron chi connectivity index (χ0n) is 10.4. The fourth-order valence-electron chi connectivity index (χ4n) is 1.69. The minimum Gasteiger partial charge on any atom is -0.469 e. The van der Waals surface area contributed by atoms with Gasteiger partial charge in [0.2, 0.25) is 0 Å². The van der Waals surface area contributed by atoms with Crippen molar-refractivity contribution in [1.29, 1.82) is 0 Å². The summed E-state index contributed by atoms with van der Waals surface area (Å²) in [7, 11) is 1.34. The van der Waals surface area contributed by atoms with Gasteiger partial charge in [0.15, 0.2) is 0 Å². The lowest BCUT2D eigenvalue weighted by Crippen LogP contribution is -2.02. The molecule has 19 heavy (non-hydrogen) atoms. The monoisotopic (exact) mass is 280 g/mol. The van der Waals surface area contributed by atoms with Gasteiger partial charge in [0.1, 0.15) is 11.5 Å². The number of nitrogen functional groups attached to an aromatic ring is 1. The fourth-order valence-corrected chi connectivity index (χ4v) is 1.82. The Balaban J connectivity index is 2.25. The van der Waals surface area contributed by atoms with Gasteiger partial charge in [-0.15, -0.1) is 0 Å². The number of hydrogen-bond donors (Lipinski definition) is 1. The maximum atomic E-state index is 11.2. The van der Waals surface area contributed by atoms with Crippen molar-refractivity contribution < 1.29 is 13.9 Å². The lowest BCUT2D eigenvalue weighted by atomic mass is 10.1. The Morgan fingerprint density at radius 3 is 2.74 bits per heavy atom. The summed E-state index contributed by atoms with van der Waals surface area (Å²) in [5.41, 5.74) is 7.03. The molecule has 2 aromatic rings. The molecule has 0 bridgehead atoms. The quantitative estimate of drug-likeness (QED) is 0.871. The molecule has 1 heterocycles. The molecular weight excluding hydrogens is 268 g/mol. The zero-order valence-corrected chi connectivity index (χ0v) is 11.1. The molecule has 0 aliphatic heterocycles. The third-order valence-corrected chi connectivity index (χ3v) is 2.87. The van der Waals surface area contributed by atoms with Crippen LogP contribution in [0.5, 0.6) is 0 Å². The summed E-state index contributed by atoms with van der Waals surface area (Å²) in [5.74, 6) is 0.252. The lowest BCUT2D eigenvalue weighted by molar-refractivity contribution is -0.140. The Bertz CT molecular complexity index is 578. The molecule has 1 aromatic carbocycles. The van der Waals surface area contributed by atoms with E-state index in [-0.39, 0.29) is 18.4 Å². The number of nitrogens with two attached hydrogens (primary N) is 1. The molecule has 0 spiro atoms. The smallest absolute Gasteiger partial charge is 0.305 e. The molecule has 0 saturated heterocycles. The highest BCUT2D eigenvalue weighted by atomic mass is 35.5. The predicted molar refractivity (Wildman–Crippen MR) is 71.7 cm³/mol. The Kier molecular flexibility index (Phi) is 4.06. The number of halogens is 1. The van der Waals surface area contributed by atoms with Crippen molar-refractivity contribution in [2.45, 2.75) is 12.8 Å². The maximum Gasteiger partial charge on any atom is 0.305 e. The number of oxazole rings is 1. The number of aromatic nitrogens is 1. The van der Waals surface area contributed by atoms with E-state index in [1.165, 1.54) is 7.11 Å². The number of methoxy groups -OCH3 is 1. The maximum absolute atomic E-state index is 11.2. The van der Waals surface area contributed by atoms with Crippen LogP contribution in [0.25, 0.3) is 11.3 Å². The molecule has 0 fully saturated rings. The van der Waals surface area contributed by atoms with Crippen molar-refractivity contribution >= 4 is 23.6 Å². The van der Waals surface area contributed by atoms with Crippen LogP contribution in [0.1, 0.15) is 12.2 Å². The van der Waals surface area contributed by atoms with Crippen LogP contribution in [0.4, 0.5) is 6.01 Å². The normalized spacial score (nSPS) is 10.4. The number of anilines is 1. The lowest BCUT2D eigenvalue weighted by Gasteiger charge is -2.01. The number of rotatable bonds is 4. The average molecular weight is 281 g/mol. The first kappa shape index (κ1) is 13.4. The van der Waals surface area contributed by atoms with Gasteiger partial charge in [-0.1, -0.05) is 23.7 Å². The van der Waals surface area contributed by atoms with E-state index in [0.29, 0.717) is 22.9 Å². The van der Waals surface area contributed by atoms with Crippen molar-refractivity contribution in [2.24, 2.45) is 0 Å². The molecule has 6 heteroatoms. The number of carbonyl (C=O) groups excluding carboxylic acids is 1. The van der Waals surface area contributed by atoms with Gasteiger partial charge in [0, 0.05) is 17.0 Å². The standard InChI is InChI=1S/C13H13ClN2O3/c1-18-11(17)7-6-10-12(16-13(15)19-10)8-2-4-9(14)5-3-8/h2-5H,6-7H2,1H3,(H2,15,16). The molecule has 100 valence electrons. The molecule has 5 nitrogen and oxygen atoms in total. The summed E-state index contributed by atoms with van der Waals surface area (Å²) in [6.45, 7) is 0. The van der Waals surface area contributed by atoms with E-state index in [1.807, 2.05) is 12.1 Å². The molecule has 1 aromatic heterocycles. The molecule has 0 aliphatic carbocycles. The van der Waals surface area contributed by atoms with E-state index in [4.69, 9.17) is 21.8 Å². The van der Waals surface area contributed by atoms with Crippen molar-refractivity contribution in [3.63, 3.8) is 0 Å².